The number of aromatic amines is 1. The summed E-state index contributed by atoms with van der Waals surface area (Å²) in [5, 5.41) is 12.0. The lowest BCUT2D eigenvalue weighted by Gasteiger charge is -2.10. The number of nitrogens with two attached hydrogens (primary N) is 1. The van der Waals surface area contributed by atoms with Gasteiger partial charge in [0.25, 0.3) is 5.91 Å². The fraction of sp³-hybridized carbons (Fsp3) is 0.133. The fourth-order valence-electron chi connectivity index (χ4n) is 2.20. The van der Waals surface area contributed by atoms with E-state index in [0.717, 1.165) is 4.88 Å². The van der Waals surface area contributed by atoms with Crippen LogP contribution in [0.2, 0.25) is 0 Å². The van der Waals surface area contributed by atoms with Crippen molar-refractivity contribution >= 4 is 39.7 Å². The highest BCUT2D eigenvalue weighted by Gasteiger charge is 2.17. The summed E-state index contributed by atoms with van der Waals surface area (Å²) in [6, 6.07) is 9.04. The van der Waals surface area contributed by atoms with Crippen LogP contribution in [0.1, 0.15) is 28.2 Å². The molecule has 3 rings (SSSR count). The molecule has 1 unspecified atom stereocenters. The molecule has 0 aliphatic rings. The van der Waals surface area contributed by atoms with Crippen LogP contribution in [0.3, 0.4) is 0 Å². The average molecular weight is 314 g/mol. The number of anilines is 1. The van der Waals surface area contributed by atoms with Gasteiger partial charge in [-0.15, -0.1) is 11.3 Å². The van der Waals surface area contributed by atoms with Crippen molar-refractivity contribution in [2.45, 2.75) is 12.8 Å². The van der Waals surface area contributed by atoms with Gasteiger partial charge in [0.2, 0.25) is 5.91 Å². The first kappa shape index (κ1) is 14.3. The van der Waals surface area contributed by atoms with Gasteiger partial charge in [-0.05, 0) is 36.6 Å². The maximum atomic E-state index is 12.3. The number of hydrogen-bond acceptors (Lipinski definition) is 4. The number of thiophene rings is 1. The highest BCUT2D eigenvalue weighted by molar-refractivity contribution is 7.10. The quantitative estimate of drug-likeness (QED) is 0.689. The first-order valence-corrected chi connectivity index (χ1v) is 7.56. The summed E-state index contributed by atoms with van der Waals surface area (Å²) in [6.07, 6.45) is 0. The van der Waals surface area contributed by atoms with Gasteiger partial charge in [0, 0.05) is 16.0 Å². The van der Waals surface area contributed by atoms with Gasteiger partial charge < -0.3 is 11.1 Å². The largest absolute Gasteiger partial charge is 0.364 e. The molecular formula is C15H14N4O2S. The molecule has 1 aromatic carbocycles. The molecule has 0 aliphatic carbocycles. The normalized spacial score (nSPS) is 12.2. The molecule has 2 aromatic heterocycles. The molecule has 0 aliphatic heterocycles. The van der Waals surface area contributed by atoms with Gasteiger partial charge in [0.1, 0.15) is 0 Å². The summed E-state index contributed by atoms with van der Waals surface area (Å²) < 4.78 is 0. The van der Waals surface area contributed by atoms with Gasteiger partial charge in [0.05, 0.1) is 11.4 Å². The summed E-state index contributed by atoms with van der Waals surface area (Å²) >= 11 is 1.54. The number of benzene rings is 1. The van der Waals surface area contributed by atoms with Gasteiger partial charge in [-0.25, -0.2) is 0 Å². The summed E-state index contributed by atoms with van der Waals surface area (Å²) in [6.45, 7) is 1.85. The molecule has 2 amide bonds. The van der Waals surface area contributed by atoms with Crippen LogP contribution in [-0.4, -0.2) is 22.0 Å². The number of amides is 2. The lowest BCUT2D eigenvalue weighted by molar-refractivity contribution is -0.117. The van der Waals surface area contributed by atoms with Gasteiger partial charge in [-0.1, -0.05) is 6.07 Å². The van der Waals surface area contributed by atoms with E-state index in [1.54, 1.807) is 29.5 Å². The Hall–Kier alpha value is -2.67. The van der Waals surface area contributed by atoms with Gasteiger partial charge in [-0.2, -0.15) is 5.10 Å². The SMILES string of the molecule is CC(C(=O)Nc1ccc2[nH]nc(C(N)=O)c2c1)c1cccs1. The van der Waals surface area contributed by atoms with E-state index < -0.39 is 5.91 Å². The van der Waals surface area contributed by atoms with E-state index in [-0.39, 0.29) is 17.5 Å². The Labute approximate surface area is 130 Å². The number of fused-ring (bicyclic) bond motifs is 1. The molecule has 7 heteroatoms. The number of primary amides is 1. The van der Waals surface area contributed by atoms with Gasteiger partial charge >= 0.3 is 0 Å². The predicted molar refractivity (Wildman–Crippen MR) is 86.0 cm³/mol. The molecule has 4 N–H and O–H groups in total. The molecule has 112 valence electrons. The summed E-state index contributed by atoms with van der Waals surface area (Å²) in [5.41, 5.74) is 6.74. The van der Waals surface area contributed by atoms with E-state index in [4.69, 9.17) is 5.73 Å². The Balaban J connectivity index is 1.86. The van der Waals surface area contributed by atoms with Crippen LogP contribution in [0.4, 0.5) is 5.69 Å². The molecule has 0 radical (unpaired) electrons. The predicted octanol–water partition coefficient (Wildman–Crippen LogP) is 2.47. The minimum atomic E-state index is -0.610. The minimum absolute atomic E-state index is 0.106. The maximum absolute atomic E-state index is 12.3. The van der Waals surface area contributed by atoms with Crippen LogP contribution in [0.25, 0.3) is 10.9 Å². The first-order valence-electron chi connectivity index (χ1n) is 6.68. The molecule has 0 saturated heterocycles. The number of carbonyl (C=O) groups is 2. The van der Waals surface area contributed by atoms with Crippen LogP contribution in [0.15, 0.2) is 35.7 Å². The molecule has 0 saturated carbocycles. The van der Waals surface area contributed by atoms with E-state index in [0.29, 0.717) is 16.6 Å². The second kappa shape index (κ2) is 5.61. The number of rotatable bonds is 4. The van der Waals surface area contributed by atoms with E-state index in [1.165, 1.54) is 0 Å². The Morgan fingerprint density at radius 3 is 2.86 bits per heavy atom. The van der Waals surface area contributed by atoms with Crippen LogP contribution in [0.5, 0.6) is 0 Å². The van der Waals surface area contributed by atoms with E-state index in [2.05, 4.69) is 15.5 Å². The fourth-order valence-corrected chi connectivity index (χ4v) is 2.98. The second-order valence-corrected chi connectivity index (χ2v) is 5.90. The highest BCUT2D eigenvalue weighted by Crippen LogP contribution is 2.24. The third kappa shape index (κ3) is 2.58. The van der Waals surface area contributed by atoms with E-state index in [9.17, 15) is 9.59 Å². The van der Waals surface area contributed by atoms with Crippen molar-refractivity contribution in [1.82, 2.24) is 10.2 Å². The zero-order valence-electron chi connectivity index (χ0n) is 11.8. The molecule has 0 spiro atoms. The van der Waals surface area contributed by atoms with Crippen molar-refractivity contribution in [3.63, 3.8) is 0 Å². The van der Waals surface area contributed by atoms with Crippen molar-refractivity contribution in [1.29, 1.82) is 0 Å². The first-order chi connectivity index (χ1) is 10.6. The Bertz CT molecular complexity index is 838. The van der Waals surface area contributed by atoms with Crippen molar-refractivity contribution < 1.29 is 9.59 Å². The average Bonchev–Trinajstić information content (AvgIpc) is 3.15. The standard InChI is InChI=1S/C15H14N4O2S/c1-8(12-3-2-6-22-12)15(21)17-9-4-5-11-10(7-9)13(14(16)20)19-18-11/h2-8H,1H3,(H2,16,20)(H,17,21)(H,18,19). The highest BCUT2D eigenvalue weighted by atomic mass is 32.1. The summed E-state index contributed by atoms with van der Waals surface area (Å²) in [4.78, 5) is 24.6. The van der Waals surface area contributed by atoms with Gasteiger partial charge in [-0.3, -0.25) is 14.7 Å². The molecule has 3 aromatic rings. The minimum Gasteiger partial charge on any atom is -0.364 e. The Kier molecular flexibility index (Phi) is 3.64. The van der Waals surface area contributed by atoms with E-state index >= 15 is 0 Å². The Morgan fingerprint density at radius 1 is 1.36 bits per heavy atom. The number of nitrogens with one attached hydrogen (secondary N) is 2. The smallest absolute Gasteiger partial charge is 0.269 e. The topological polar surface area (TPSA) is 101 Å². The number of carbonyl (C=O) groups excluding carboxylic acids is 2. The molecule has 1 atom stereocenters. The third-order valence-corrected chi connectivity index (χ3v) is 4.48. The molecule has 22 heavy (non-hydrogen) atoms. The van der Waals surface area contributed by atoms with Crippen molar-refractivity contribution in [2.24, 2.45) is 5.73 Å². The molecular weight excluding hydrogens is 300 g/mol. The van der Waals surface area contributed by atoms with Crippen molar-refractivity contribution in [3.8, 4) is 0 Å². The number of hydrogen-bond donors (Lipinski definition) is 3. The lowest BCUT2D eigenvalue weighted by atomic mass is 10.1. The van der Waals surface area contributed by atoms with E-state index in [1.807, 2.05) is 24.4 Å². The zero-order chi connectivity index (χ0) is 15.7. The maximum Gasteiger partial charge on any atom is 0.269 e. The molecule has 2 heterocycles. The zero-order valence-corrected chi connectivity index (χ0v) is 12.6. The van der Waals surface area contributed by atoms with Crippen molar-refractivity contribution in [2.75, 3.05) is 5.32 Å². The summed E-state index contributed by atoms with van der Waals surface area (Å²) in [5.74, 6) is -0.955. The molecule has 0 bridgehead atoms. The van der Waals surface area contributed by atoms with Gasteiger partial charge in [0.15, 0.2) is 5.69 Å². The molecule has 0 fully saturated rings. The number of H-pyrrole nitrogens is 1. The van der Waals surface area contributed by atoms with Crippen molar-refractivity contribution in [3.05, 3.63) is 46.3 Å². The second-order valence-electron chi connectivity index (χ2n) is 4.92. The third-order valence-electron chi connectivity index (χ3n) is 3.43. The van der Waals surface area contributed by atoms with Crippen LogP contribution < -0.4 is 11.1 Å². The lowest BCUT2D eigenvalue weighted by Crippen LogP contribution is -2.18. The van der Waals surface area contributed by atoms with Crippen LogP contribution in [-0.2, 0) is 4.79 Å². The van der Waals surface area contributed by atoms with Crippen LogP contribution in [0, 0.1) is 0 Å². The number of aromatic nitrogens is 2. The molecule has 6 nitrogen and oxygen atoms in total. The number of nitrogens with zero attached hydrogens (tertiary/aromatic N) is 1. The summed E-state index contributed by atoms with van der Waals surface area (Å²) in [7, 11) is 0. The monoisotopic (exact) mass is 314 g/mol. The van der Waals surface area contributed by atoms with Crippen LogP contribution >= 0.6 is 11.3 Å². The Morgan fingerprint density at radius 2 is 2.18 bits per heavy atom.